The van der Waals surface area contributed by atoms with Gasteiger partial charge in [0.25, 0.3) is 0 Å². The normalized spacial score (nSPS) is 24.0. The molecule has 1 saturated heterocycles. The van der Waals surface area contributed by atoms with Crippen molar-refractivity contribution in [2.24, 2.45) is 11.8 Å². The summed E-state index contributed by atoms with van der Waals surface area (Å²) in [7, 11) is 1.57. The van der Waals surface area contributed by atoms with Gasteiger partial charge in [-0.05, 0) is 80.7 Å². The number of ether oxygens (including phenoxy) is 3. The van der Waals surface area contributed by atoms with Gasteiger partial charge >= 0.3 is 0 Å². The second-order valence-corrected chi connectivity index (χ2v) is 13.2. The first kappa shape index (κ1) is 36.9. The van der Waals surface area contributed by atoms with Gasteiger partial charge in [-0.15, -0.1) is 0 Å². The van der Waals surface area contributed by atoms with Gasteiger partial charge in [-0.25, -0.2) is 0 Å². The van der Waals surface area contributed by atoms with Gasteiger partial charge in [-0.1, -0.05) is 43.3 Å². The molecule has 48 heavy (non-hydrogen) atoms. The van der Waals surface area contributed by atoms with E-state index < -0.39 is 29.3 Å². The first-order valence-electron chi connectivity index (χ1n) is 17.1. The maximum atomic E-state index is 14.2. The number of hydrogen-bond acceptors (Lipinski definition) is 7. The van der Waals surface area contributed by atoms with Crippen molar-refractivity contribution in [1.29, 1.82) is 0 Å². The van der Waals surface area contributed by atoms with E-state index in [1.165, 1.54) is 0 Å². The summed E-state index contributed by atoms with van der Waals surface area (Å²) in [6, 6.07) is 14.4. The summed E-state index contributed by atoms with van der Waals surface area (Å²) < 4.78 is 16.6. The molecule has 2 aliphatic rings. The Kier molecular flexibility index (Phi) is 13.8. The van der Waals surface area contributed by atoms with Crippen molar-refractivity contribution in [3.8, 4) is 5.75 Å². The van der Waals surface area contributed by atoms with Crippen molar-refractivity contribution in [3.63, 3.8) is 0 Å². The zero-order valence-corrected chi connectivity index (χ0v) is 28.8. The van der Waals surface area contributed by atoms with E-state index in [0.29, 0.717) is 45.8 Å². The highest BCUT2D eigenvalue weighted by Gasteiger charge is 2.41. The van der Waals surface area contributed by atoms with Gasteiger partial charge in [0.1, 0.15) is 17.3 Å². The molecule has 2 aromatic rings. The lowest BCUT2D eigenvalue weighted by Gasteiger charge is -2.37. The van der Waals surface area contributed by atoms with Crippen LogP contribution >= 0.6 is 0 Å². The minimum Gasteiger partial charge on any atom is -0.494 e. The molecule has 0 saturated carbocycles. The summed E-state index contributed by atoms with van der Waals surface area (Å²) in [6.45, 7) is 8.10. The molecule has 0 radical (unpaired) electrons. The predicted molar refractivity (Wildman–Crippen MR) is 182 cm³/mol. The quantitative estimate of drug-likeness (QED) is 0.332. The average Bonchev–Trinajstić information content (AvgIpc) is 3.09. The first-order chi connectivity index (χ1) is 23.1. The van der Waals surface area contributed by atoms with Crippen LogP contribution in [0.25, 0.3) is 0 Å². The zero-order valence-electron chi connectivity index (χ0n) is 28.8. The van der Waals surface area contributed by atoms with Gasteiger partial charge in [0.05, 0.1) is 32.3 Å². The van der Waals surface area contributed by atoms with Gasteiger partial charge in [0.2, 0.25) is 23.6 Å². The molecule has 2 aliphatic heterocycles. The number of carbonyl (C=O) groups excluding carboxylic acids is 4. The zero-order chi connectivity index (χ0) is 34.5. The summed E-state index contributed by atoms with van der Waals surface area (Å²) >= 11 is 0. The number of nitrogens with one attached hydrogen (secondary N) is 3. The average molecular weight is 665 g/mol. The molecular weight excluding hydrogens is 612 g/mol. The molecule has 11 heteroatoms. The molecule has 4 bridgehead atoms. The van der Waals surface area contributed by atoms with Crippen molar-refractivity contribution in [2.45, 2.75) is 77.4 Å². The summed E-state index contributed by atoms with van der Waals surface area (Å²) in [6.07, 6.45) is 3.42. The molecule has 2 unspecified atom stereocenters. The number of nitrogens with zero attached hydrogens (tertiary/aromatic N) is 1. The SMILES string of the molecule is COCCOCCC(=O)N[C@@H]1C(=O)N[C@](C)(CCc2ccccc2)C(=O)NCc2cc(ccc2C)OCCC2CCCN(C2)C(=O)C1C. The minimum atomic E-state index is -1.36. The molecule has 2 heterocycles. The van der Waals surface area contributed by atoms with Crippen LogP contribution in [0.3, 0.4) is 0 Å². The van der Waals surface area contributed by atoms with E-state index >= 15 is 0 Å². The predicted octanol–water partition coefficient (Wildman–Crippen LogP) is 3.31. The van der Waals surface area contributed by atoms with E-state index in [4.69, 9.17) is 14.2 Å². The Morgan fingerprint density at radius 1 is 1.08 bits per heavy atom. The highest BCUT2D eigenvalue weighted by molar-refractivity contribution is 5.97. The van der Waals surface area contributed by atoms with Crippen LogP contribution in [0.4, 0.5) is 0 Å². The molecule has 0 aromatic heterocycles. The maximum Gasteiger partial charge on any atom is 0.245 e. The molecule has 4 atom stereocenters. The number of benzene rings is 2. The monoisotopic (exact) mass is 664 g/mol. The van der Waals surface area contributed by atoms with Crippen LogP contribution in [-0.4, -0.2) is 86.7 Å². The number of rotatable bonds is 10. The summed E-state index contributed by atoms with van der Waals surface area (Å²) in [5.41, 5.74) is 1.59. The van der Waals surface area contributed by atoms with Crippen molar-refractivity contribution >= 4 is 23.6 Å². The standard InChI is InChI=1S/C37H52N4O7/c1-26-12-13-31-23-30(26)24-38-36(45)37(3,17-14-28-9-6-5-7-10-28)40-34(43)33(39-32(42)16-19-47-22-21-46-4)27(2)35(44)41-18-8-11-29(25-41)15-20-48-31/h5-7,9-10,12-13,23,27,29,33H,8,11,14-22,24-25H2,1-4H3,(H,38,45)(H,39,42)(H,40,43)/t27?,29?,33-,37+/m0/s1. The highest BCUT2D eigenvalue weighted by atomic mass is 16.5. The van der Waals surface area contributed by atoms with Gasteiger partial charge in [-0.3, -0.25) is 19.2 Å². The van der Waals surface area contributed by atoms with Gasteiger partial charge < -0.3 is 35.1 Å². The van der Waals surface area contributed by atoms with Crippen LogP contribution in [0.5, 0.6) is 5.75 Å². The van der Waals surface area contributed by atoms with Gasteiger partial charge in [-0.2, -0.15) is 0 Å². The number of hydrogen-bond donors (Lipinski definition) is 3. The molecule has 0 spiro atoms. The third kappa shape index (κ3) is 10.5. The highest BCUT2D eigenvalue weighted by Crippen LogP contribution is 2.25. The lowest BCUT2D eigenvalue weighted by Crippen LogP contribution is -2.63. The summed E-state index contributed by atoms with van der Waals surface area (Å²) in [5, 5.41) is 8.82. The molecule has 11 nitrogen and oxygen atoms in total. The molecule has 262 valence electrons. The van der Waals surface area contributed by atoms with Crippen LogP contribution in [-0.2, 0) is 41.6 Å². The molecular formula is C37H52N4O7. The lowest BCUT2D eigenvalue weighted by atomic mass is 9.89. The number of fused-ring (bicyclic) bond motifs is 4. The Labute approximate surface area is 284 Å². The fourth-order valence-corrected chi connectivity index (χ4v) is 6.27. The van der Waals surface area contributed by atoms with E-state index in [-0.39, 0.29) is 37.3 Å². The minimum absolute atomic E-state index is 0.00433. The van der Waals surface area contributed by atoms with Crippen molar-refractivity contribution in [3.05, 3.63) is 65.2 Å². The molecule has 4 rings (SSSR count). The fourth-order valence-electron chi connectivity index (χ4n) is 6.27. The summed E-state index contributed by atoms with van der Waals surface area (Å²) in [5.74, 6) is -1.48. The number of amides is 4. The second kappa shape index (κ2) is 18.0. The largest absolute Gasteiger partial charge is 0.494 e. The number of aryl methyl sites for hydroxylation is 2. The van der Waals surface area contributed by atoms with E-state index in [9.17, 15) is 19.2 Å². The van der Waals surface area contributed by atoms with Gasteiger partial charge in [0.15, 0.2) is 0 Å². The Morgan fingerprint density at radius 2 is 1.88 bits per heavy atom. The Hall–Kier alpha value is -3.96. The topological polar surface area (TPSA) is 135 Å². The Bertz CT molecular complexity index is 1390. The van der Waals surface area contributed by atoms with E-state index in [0.717, 1.165) is 41.7 Å². The van der Waals surface area contributed by atoms with Crippen molar-refractivity contribution in [2.75, 3.05) is 46.6 Å². The number of piperidine rings is 1. The fraction of sp³-hybridized carbons (Fsp3) is 0.568. The van der Waals surface area contributed by atoms with E-state index in [2.05, 4.69) is 16.0 Å². The van der Waals surface area contributed by atoms with Gasteiger partial charge in [0, 0.05) is 33.2 Å². The van der Waals surface area contributed by atoms with Crippen molar-refractivity contribution in [1.82, 2.24) is 20.9 Å². The van der Waals surface area contributed by atoms with Crippen LogP contribution in [0.15, 0.2) is 48.5 Å². The van der Waals surface area contributed by atoms with Crippen LogP contribution in [0.1, 0.15) is 62.6 Å². The molecule has 1 fully saturated rings. The lowest BCUT2D eigenvalue weighted by molar-refractivity contribution is -0.143. The Morgan fingerprint density at radius 3 is 2.65 bits per heavy atom. The molecule has 0 aliphatic carbocycles. The maximum absolute atomic E-state index is 14.2. The van der Waals surface area contributed by atoms with Crippen LogP contribution in [0, 0.1) is 18.8 Å². The van der Waals surface area contributed by atoms with Crippen molar-refractivity contribution < 1.29 is 33.4 Å². The molecule has 3 N–H and O–H groups in total. The second-order valence-electron chi connectivity index (χ2n) is 13.2. The van der Waals surface area contributed by atoms with Crippen LogP contribution in [0.2, 0.25) is 0 Å². The van der Waals surface area contributed by atoms with Crippen LogP contribution < -0.4 is 20.7 Å². The Balaban J connectivity index is 1.63. The smallest absolute Gasteiger partial charge is 0.245 e. The molecule has 2 aromatic carbocycles. The number of carbonyl (C=O) groups is 4. The molecule has 4 amide bonds. The third-order valence-corrected chi connectivity index (χ3v) is 9.44. The first-order valence-corrected chi connectivity index (χ1v) is 17.1. The van der Waals surface area contributed by atoms with E-state index in [1.807, 2.05) is 55.5 Å². The third-order valence-electron chi connectivity index (χ3n) is 9.44. The summed E-state index contributed by atoms with van der Waals surface area (Å²) in [4.78, 5) is 57.1. The number of methoxy groups -OCH3 is 1. The van der Waals surface area contributed by atoms with E-state index in [1.54, 1.807) is 25.9 Å².